The molecule has 4 saturated carbocycles. The molecule has 0 spiro atoms. The van der Waals surface area contributed by atoms with Gasteiger partial charge in [0.15, 0.2) is 12.6 Å². The molecule has 294 valence electrons. The molecule has 0 aromatic carbocycles. The molecular weight excluding hydrogens is 668 g/mol. The third-order valence-corrected chi connectivity index (χ3v) is 14.3. The van der Waals surface area contributed by atoms with Gasteiger partial charge in [0.2, 0.25) is 0 Å². The summed E-state index contributed by atoms with van der Waals surface area (Å²) in [7, 11) is 0. The molecular formula is C37H62O14. The molecule has 6 aliphatic rings. The van der Waals surface area contributed by atoms with E-state index in [9.17, 15) is 51.1 Å². The van der Waals surface area contributed by atoms with Crippen LogP contribution in [-0.2, 0) is 18.9 Å². The van der Waals surface area contributed by atoms with Crippen LogP contribution in [0.3, 0.4) is 0 Å². The van der Waals surface area contributed by atoms with Crippen LogP contribution >= 0.6 is 0 Å². The lowest BCUT2D eigenvalue weighted by molar-refractivity contribution is -0.321. The predicted molar refractivity (Wildman–Crippen MR) is 179 cm³/mol. The Morgan fingerprint density at radius 1 is 0.686 bits per heavy atom. The Bertz CT molecular complexity index is 1240. The Kier molecular flexibility index (Phi) is 11.5. The van der Waals surface area contributed by atoms with E-state index in [1.165, 1.54) is 0 Å². The first-order valence-electron chi connectivity index (χ1n) is 18.9. The fourth-order valence-electron chi connectivity index (χ4n) is 11.4. The normalized spacial score (nSPS) is 54.5. The molecule has 10 N–H and O–H groups in total. The number of hydrogen-bond donors (Lipinski definition) is 10. The van der Waals surface area contributed by atoms with E-state index in [0.717, 1.165) is 0 Å². The zero-order chi connectivity index (χ0) is 37.4. The van der Waals surface area contributed by atoms with E-state index >= 15 is 0 Å². The molecule has 6 fully saturated rings. The zero-order valence-electron chi connectivity index (χ0n) is 30.4. The summed E-state index contributed by atoms with van der Waals surface area (Å²) in [5.41, 5.74) is -2.91. The van der Waals surface area contributed by atoms with Crippen molar-refractivity contribution in [2.75, 3.05) is 13.2 Å². The molecule has 2 heterocycles. The average molecular weight is 731 g/mol. The zero-order valence-corrected chi connectivity index (χ0v) is 30.4. The maximum atomic E-state index is 12.8. The standard InChI is InChI=1S/C37H62O14/c1-16(2)24(51-34-30(45)28(43)23(40)15-49-34)7-6-17(3)19-13-21(38)31-36(19,5)11-9-25-35(4)10-8-18(12-20(35)26(41)32(46)37(25,31)47)50-33-29(44)27(42)22(39)14-48-33/h6-7,16-34,38-47H,8-15H2,1-5H3/b7-6+/t17-,18+,19-,20?,21-,22-,23-,24+,25?,26-,27+,28+,29-,30-,31?,32-,33+,34+,35+,36-,37+/m1/s1. The van der Waals surface area contributed by atoms with Crippen molar-refractivity contribution in [3.63, 3.8) is 0 Å². The highest BCUT2D eigenvalue weighted by atomic mass is 16.7. The second-order valence-electron chi connectivity index (χ2n) is 17.5. The summed E-state index contributed by atoms with van der Waals surface area (Å²) in [6, 6.07) is 0. The number of aliphatic hydroxyl groups excluding tert-OH is 9. The highest BCUT2D eigenvalue weighted by Crippen LogP contribution is 2.69. The van der Waals surface area contributed by atoms with Gasteiger partial charge in [0.1, 0.15) is 48.3 Å². The average Bonchev–Trinajstić information content (AvgIpc) is 3.37. The third-order valence-electron chi connectivity index (χ3n) is 14.3. The van der Waals surface area contributed by atoms with E-state index < -0.39 is 114 Å². The van der Waals surface area contributed by atoms with Gasteiger partial charge in [-0.1, -0.05) is 46.8 Å². The molecule has 51 heavy (non-hydrogen) atoms. The summed E-state index contributed by atoms with van der Waals surface area (Å²) in [6.45, 7) is 9.75. The van der Waals surface area contributed by atoms with Crippen LogP contribution in [0.25, 0.3) is 0 Å². The third kappa shape index (κ3) is 6.66. The van der Waals surface area contributed by atoms with Crippen molar-refractivity contribution in [1.82, 2.24) is 0 Å². The van der Waals surface area contributed by atoms with E-state index in [1.807, 2.05) is 26.0 Å². The Morgan fingerprint density at radius 3 is 1.90 bits per heavy atom. The molecule has 14 heteroatoms. The van der Waals surface area contributed by atoms with Crippen molar-refractivity contribution >= 4 is 0 Å². The minimum atomic E-state index is -1.75. The monoisotopic (exact) mass is 730 g/mol. The molecule has 4 aliphatic carbocycles. The summed E-state index contributed by atoms with van der Waals surface area (Å²) in [6.07, 6.45) is -8.00. The van der Waals surface area contributed by atoms with Gasteiger partial charge in [-0.3, -0.25) is 0 Å². The van der Waals surface area contributed by atoms with Crippen LogP contribution in [0.2, 0.25) is 0 Å². The maximum absolute atomic E-state index is 12.8. The quantitative estimate of drug-likeness (QED) is 0.108. The fourth-order valence-corrected chi connectivity index (χ4v) is 11.4. The number of ether oxygens (including phenoxy) is 4. The largest absolute Gasteiger partial charge is 0.393 e. The molecule has 0 bridgehead atoms. The molecule has 6 rings (SSSR count). The van der Waals surface area contributed by atoms with E-state index in [-0.39, 0.29) is 31.0 Å². The number of rotatable bonds is 8. The molecule has 3 unspecified atom stereocenters. The first-order valence-corrected chi connectivity index (χ1v) is 18.9. The van der Waals surface area contributed by atoms with Gasteiger partial charge in [-0.25, -0.2) is 0 Å². The van der Waals surface area contributed by atoms with Crippen LogP contribution in [0.5, 0.6) is 0 Å². The van der Waals surface area contributed by atoms with E-state index in [2.05, 4.69) is 20.8 Å². The van der Waals surface area contributed by atoms with Crippen molar-refractivity contribution in [3.8, 4) is 0 Å². The summed E-state index contributed by atoms with van der Waals surface area (Å²) >= 11 is 0. The smallest absolute Gasteiger partial charge is 0.186 e. The van der Waals surface area contributed by atoms with Gasteiger partial charge in [0.25, 0.3) is 0 Å². The lowest BCUT2D eigenvalue weighted by Gasteiger charge is -2.67. The maximum Gasteiger partial charge on any atom is 0.186 e. The SMILES string of the molecule is CC(C)[C@H](/C=C/[C@@H](C)[C@H]1C[C@@H](O)C2[C@@]3(O)C(CC[C@@]21C)[C@@]1(C)CC[C@H](O[C@@H]2OC[C@@H](O)[C@H](O)[C@H]2O)CC1[C@@H](O)[C@H]3O)O[C@@H]1OC[C@@H](O)[C@H](O)[C@H]1O. The predicted octanol–water partition coefficient (Wildman–Crippen LogP) is -0.831. The van der Waals surface area contributed by atoms with Crippen LogP contribution in [0, 0.1) is 46.3 Å². The molecule has 21 atom stereocenters. The second kappa shape index (κ2) is 14.7. The van der Waals surface area contributed by atoms with Gasteiger partial charge >= 0.3 is 0 Å². The highest BCUT2D eigenvalue weighted by Gasteiger charge is 2.74. The van der Waals surface area contributed by atoms with Gasteiger partial charge in [0.05, 0.1) is 37.6 Å². The molecule has 2 saturated heterocycles. The Labute approximate surface area is 300 Å². The van der Waals surface area contributed by atoms with Crippen LogP contribution in [0.15, 0.2) is 12.2 Å². The number of aliphatic hydroxyl groups is 10. The molecule has 14 nitrogen and oxygen atoms in total. The van der Waals surface area contributed by atoms with Crippen molar-refractivity contribution in [2.45, 2.75) is 158 Å². The Morgan fingerprint density at radius 2 is 1.27 bits per heavy atom. The summed E-state index contributed by atoms with van der Waals surface area (Å²) in [5, 5.41) is 109. The van der Waals surface area contributed by atoms with E-state index in [0.29, 0.717) is 38.5 Å². The van der Waals surface area contributed by atoms with Crippen molar-refractivity contribution < 1.29 is 70.0 Å². The fraction of sp³-hybridized carbons (Fsp3) is 0.946. The minimum Gasteiger partial charge on any atom is -0.393 e. The number of fused-ring (bicyclic) bond motifs is 5. The van der Waals surface area contributed by atoms with Gasteiger partial charge in [0, 0.05) is 5.92 Å². The van der Waals surface area contributed by atoms with E-state index in [4.69, 9.17) is 18.9 Å². The lowest BCUT2D eigenvalue weighted by atomic mass is 9.41. The molecule has 0 radical (unpaired) electrons. The molecule has 0 aromatic rings. The first kappa shape index (κ1) is 39.9. The van der Waals surface area contributed by atoms with Crippen LogP contribution in [0.4, 0.5) is 0 Å². The Hall–Kier alpha value is -0.820. The van der Waals surface area contributed by atoms with Gasteiger partial charge in [-0.15, -0.1) is 0 Å². The number of hydrogen-bond acceptors (Lipinski definition) is 14. The van der Waals surface area contributed by atoms with Gasteiger partial charge in [-0.2, -0.15) is 0 Å². The Balaban J connectivity index is 1.17. The highest BCUT2D eigenvalue weighted by molar-refractivity contribution is 5.23. The van der Waals surface area contributed by atoms with E-state index in [1.54, 1.807) is 0 Å². The van der Waals surface area contributed by atoms with Crippen LogP contribution < -0.4 is 0 Å². The van der Waals surface area contributed by atoms with Gasteiger partial charge < -0.3 is 70.0 Å². The molecule has 0 amide bonds. The van der Waals surface area contributed by atoms with Crippen molar-refractivity contribution in [2.24, 2.45) is 46.3 Å². The molecule has 2 aliphatic heterocycles. The minimum absolute atomic E-state index is 0.0188. The second-order valence-corrected chi connectivity index (χ2v) is 17.5. The van der Waals surface area contributed by atoms with Crippen molar-refractivity contribution in [3.05, 3.63) is 12.2 Å². The van der Waals surface area contributed by atoms with Crippen molar-refractivity contribution in [1.29, 1.82) is 0 Å². The van der Waals surface area contributed by atoms with Crippen LogP contribution in [-0.4, -0.2) is 150 Å². The summed E-state index contributed by atoms with van der Waals surface area (Å²) in [5.74, 6) is -1.73. The molecule has 0 aromatic heterocycles. The van der Waals surface area contributed by atoms with Crippen LogP contribution in [0.1, 0.15) is 73.1 Å². The van der Waals surface area contributed by atoms with Gasteiger partial charge in [-0.05, 0) is 78.9 Å². The summed E-state index contributed by atoms with van der Waals surface area (Å²) < 4.78 is 23.1. The first-order chi connectivity index (χ1) is 23.9. The lowest BCUT2D eigenvalue weighted by Crippen LogP contribution is -2.75. The summed E-state index contributed by atoms with van der Waals surface area (Å²) in [4.78, 5) is 0. The topological polar surface area (TPSA) is 239 Å². The number of allylic oxidation sites excluding steroid dienone is 1.